The minimum absolute atomic E-state index is 0.0352. The number of benzene rings is 1. The Hall–Kier alpha value is -2.89. The van der Waals surface area contributed by atoms with Gasteiger partial charge in [-0.2, -0.15) is 0 Å². The van der Waals surface area contributed by atoms with Crippen molar-refractivity contribution in [3.63, 3.8) is 0 Å². The zero-order valence-electron chi connectivity index (χ0n) is 12.5. The quantitative estimate of drug-likeness (QED) is 0.685. The van der Waals surface area contributed by atoms with E-state index < -0.39 is 0 Å². The van der Waals surface area contributed by atoms with Crippen LogP contribution in [0.3, 0.4) is 0 Å². The number of aryl methyl sites for hydroxylation is 1. The van der Waals surface area contributed by atoms with Gasteiger partial charge >= 0.3 is 6.03 Å². The largest absolute Gasteiger partial charge is 0.411 e. The molecule has 0 unspecified atom stereocenters. The van der Waals surface area contributed by atoms with Gasteiger partial charge in [0.05, 0.1) is 17.6 Å². The van der Waals surface area contributed by atoms with Crippen LogP contribution in [0, 0.1) is 0 Å². The maximum atomic E-state index is 12.7. The van der Waals surface area contributed by atoms with Crippen LogP contribution in [-0.4, -0.2) is 35.0 Å². The van der Waals surface area contributed by atoms with Gasteiger partial charge in [0.1, 0.15) is 0 Å². The maximum Gasteiger partial charge on any atom is 0.329 e. The van der Waals surface area contributed by atoms with Gasteiger partial charge in [0.2, 0.25) is 0 Å². The lowest BCUT2D eigenvalue weighted by atomic mass is 10.1. The third-order valence-corrected chi connectivity index (χ3v) is 4.43. The average molecular weight is 308 g/mol. The van der Waals surface area contributed by atoms with Crippen LogP contribution in [0.5, 0.6) is 0 Å². The first-order chi connectivity index (χ1) is 11.3. The highest BCUT2D eigenvalue weighted by Gasteiger charge is 2.31. The van der Waals surface area contributed by atoms with Crippen molar-refractivity contribution in [3.05, 3.63) is 53.9 Å². The van der Waals surface area contributed by atoms with Crippen LogP contribution >= 0.6 is 0 Å². The number of hydrogen-bond donors (Lipinski definition) is 1. The van der Waals surface area contributed by atoms with Gasteiger partial charge in [0.15, 0.2) is 0 Å². The molecule has 2 amide bonds. The average Bonchev–Trinajstić information content (AvgIpc) is 3.18. The number of carbonyl (C=O) groups excluding carboxylic acids is 1. The number of amides is 2. The number of urea groups is 1. The van der Waals surface area contributed by atoms with Crippen molar-refractivity contribution in [2.45, 2.75) is 12.8 Å². The van der Waals surface area contributed by atoms with Crippen LogP contribution in [0.15, 0.2) is 47.9 Å². The Bertz CT molecular complexity index is 788. The highest BCUT2D eigenvalue weighted by atomic mass is 16.4. The molecule has 2 aliphatic rings. The maximum absolute atomic E-state index is 12.7. The number of fused-ring (bicyclic) bond motifs is 1. The molecule has 23 heavy (non-hydrogen) atoms. The van der Waals surface area contributed by atoms with Gasteiger partial charge in [-0.15, -0.1) is 0 Å². The number of hydrogen-bond acceptors (Lipinski definition) is 4. The highest BCUT2D eigenvalue weighted by Crippen LogP contribution is 2.30. The molecule has 1 aromatic heterocycles. The summed E-state index contributed by atoms with van der Waals surface area (Å²) in [7, 11) is 0. The van der Waals surface area contributed by atoms with E-state index in [0.29, 0.717) is 13.1 Å². The molecule has 0 saturated carbocycles. The molecule has 1 aliphatic heterocycles. The Morgan fingerprint density at radius 2 is 1.91 bits per heavy atom. The lowest BCUT2D eigenvalue weighted by Crippen LogP contribution is -2.31. The van der Waals surface area contributed by atoms with E-state index in [1.165, 1.54) is 0 Å². The van der Waals surface area contributed by atoms with Gasteiger partial charge in [-0.1, -0.05) is 11.2 Å². The fourth-order valence-electron chi connectivity index (χ4n) is 3.26. The summed E-state index contributed by atoms with van der Waals surface area (Å²) >= 11 is 0. The lowest BCUT2D eigenvalue weighted by molar-refractivity contribution is 0.256. The van der Waals surface area contributed by atoms with Crippen LogP contribution in [0.2, 0.25) is 0 Å². The predicted octanol–water partition coefficient (Wildman–Crippen LogP) is 2.65. The first-order valence-corrected chi connectivity index (χ1v) is 7.61. The Morgan fingerprint density at radius 3 is 2.65 bits per heavy atom. The van der Waals surface area contributed by atoms with Crippen molar-refractivity contribution in [1.29, 1.82) is 0 Å². The Kier molecular flexibility index (Phi) is 3.22. The molecular weight excluding hydrogens is 292 g/mol. The number of aromatic nitrogens is 1. The fraction of sp³-hybridized carbons (Fsp3) is 0.235. The number of carbonyl (C=O) groups is 1. The standard InChI is InChI=1S/C17H16N4O2/c22-17-20(8-9-21(17)14-2-1-7-18-11-14)13-4-5-15-12(10-13)3-6-16(15)19-23/h1-2,4-5,7,10-11,23H,3,6,8-9H2/b19-16-. The summed E-state index contributed by atoms with van der Waals surface area (Å²) in [6.07, 6.45) is 4.98. The fourth-order valence-corrected chi connectivity index (χ4v) is 3.26. The van der Waals surface area contributed by atoms with Gasteiger partial charge in [-0.05, 0) is 42.7 Å². The number of pyridine rings is 1. The van der Waals surface area contributed by atoms with E-state index in [-0.39, 0.29) is 6.03 Å². The summed E-state index contributed by atoms with van der Waals surface area (Å²) in [4.78, 5) is 20.3. The smallest absolute Gasteiger partial charge is 0.329 e. The molecule has 1 fully saturated rings. The van der Waals surface area contributed by atoms with Crippen LogP contribution in [0.1, 0.15) is 17.5 Å². The monoisotopic (exact) mass is 308 g/mol. The van der Waals surface area contributed by atoms with E-state index in [2.05, 4.69) is 10.1 Å². The number of nitrogens with zero attached hydrogens (tertiary/aromatic N) is 4. The molecule has 116 valence electrons. The Labute approximate surface area is 133 Å². The van der Waals surface area contributed by atoms with Crippen molar-refractivity contribution < 1.29 is 10.0 Å². The minimum atomic E-state index is -0.0352. The molecular formula is C17H16N4O2. The second-order valence-corrected chi connectivity index (χ2v) is 5.69. The zero-order chi connectivity index (χ0) is 15.8. The Balaban J connectivity index is 1.62. The molecule has 6 heteroatoms. The number of rotatable bonds is 2. The summed E-state index contributed by atoms with van der Waals surface area (Å²) in [6, 6.07) is 9.56. The van der Waals surface area contributed by atoms with Gasteiger partial charge < -0.3 is 5.21 Å². The molecule has 4 rings (SSSR count). The topological polar surface area (TPSA) is 69.0 Å². The van der Waals surface area contributed by atoms with Crippen molar-refractivity contribution >= 4 is 23.1 Å². The SMILES string of the molecule is O=C1N(c2cccnc2)CCN1c1ccc2c(c1)CC/C2=N/O. The van der Waals surface area contributed by atoms with Crippen molar-refractivity contribution in [1.82, 2.24) is 4.98 Å². The summed E-state index contributed by atoms with van der Waals surface area (Å²) < 4.78 is 0. The lowest BCUT2D eigenvalue weighted by Gasteiger charge is -2.19. The summed E-state index contributed by atoms with van der Waals surface area (Å²) in [5, 5.41) is 12.4. The molecule has 1 aromatic carbocycles. The molecule has 2 heterocycles. The van der Waals surface area contributed by atoms with Crippen LogP contribution in [0.25, 0.3) is 0 Å². The highest BCUT2D eigenvalue weighted by molar-refractivity contribution is 6.07. The van der Waals surface area contributed by atoms with E-state index in [9.17, 15) is 4.79 Å². The van der Waals surface area contributed by atoms with Gasteiger partial charge in [-0.25, -0.2) is 4.79 Å². The molecule has 2 aromatic rings. The van der Waals surface area contributed by atoms with Crippen molar-refractivity contribution in [3.8, 4) is 0 Å². The van der Waals surface area contributed by atoms with E-state index >= 15 is 0 Å². The van der Waals surface area contributed by atoms with E-state index in [4.69, 9.17) is 5.21 Å². The zero-order valence-corrected chi connectivity index (χ0v) is 12.5. The normalized spacial score (nSPS) is 18.8. The first kappa shape index (κ1) is 13.8. The minimum Gasteiger partial charge on any atom is -0.411 e. The summed E-state index contributed by atoms with van der Waals surface area (Å²) in [5.41, 5.74) is 4.53. The third kappa shape index (κ3) is 2.23. The summed E-state index contributed by atoms with van der Waals surface area (Å²) in [6.45, 7) is 1.29. The molecule has 6 nitrogen and oxygen atoms in total. The number of anilines is 2. The molecule has 0 atom stereocenters. The second kappa shape index (κ2) is 5.39. The molecule has 0 bridgehead atoms. The van der Waals surface area contributed by atoms with Crippen molar-refractivity contribution in [2.24, 2.45) is 5.16 Å². The number of oxime groups is 1. The predicted molar refractivity (Wildman–Crippen MR) is 87.4 cm³/mol. The molecule has 1 saturated heterocycles. The van der Waals surface area contributed by atoms with E-state index in [1.807, 2.05) is 30.3 Å². The van der Waals surface area contributed by atoms with Gasteiger partial charge in [0.25, 0.3) is 0 Å². The second-order valence-electron chi connectivity index (χ2n) is 5.69. The Morgan fingerprint density at radius 1 is 1.09 bits per heavy atom. The summed E-state index contributed by atoms with van der Waals surface area (Å²) in [5.74, 6) is 0. The molecule has 1 aliphatic carbocycles. The molecule has 0 spiro atoms. The van der Waals surface area contributed by atoms with E-state index in [0.717, 1.165) is 41.1 Å². The van der Waals surface area contributed by atoms with Crippen LogP contribution in [0.4, 0.5) is 16.2 Å². The van der Waals surface area contributed by atoms with Gasteiger partial charge in [0, 0.05) is 30.5 Å². The molecule has 1 N–H and O–H groups in total. The van der Waals surface area contributed by atoms with Crippen molar-refractivity contribution in [2.75, 3.05) is 22.9 Å². The first-order valence-electron chi connectivity index (χ1n) is 7.61. The van der Waals surface area contributed by atoms with Crippen LogP contribution in [-0.2, 0) is 6.42 Å². The van der Waals surface area contributed by atoms with Gasteiger partial charge in [-0.3, -0.25) is 14.8 Å². The third-order valence-electron chi connectivity index (χ3n) is 4.43. The molecule has 0 radical (unpaired) electrons. The van der Waals surface area contributed by atoms with E-state index in [1.54, 1.807) is 22.2 Å². The van der Waals surface area contributed by atoms with Crippen LogP contribution < -0.4 is 9.80 Å².